The molecule has 2 atom stereocenters. The summed E-state index contributed by atoms with van der Waals surface area (Å²) in [6.07, 6.45) is 0. The van der Waals surface area contributed by atoms with Crippen LogP contribution < -0.4 is 10.6 Å². The first-order valence-corrected chi connectivity index (χ1v) is 3.19. The van der Waals surface area contributed by atoms with Crippen molar-refractivity contribution in [3.8, 4) is 0 Å². The summed E-state index contributed by atoms with van der Waals surface area (Å²) in [6.45, 7) is 4.39. The van der Waals surface area contributed by atoms with Gasteiger partial charge in [-0.25, -0.2) is 0 Å². The molecule has 2 unspecified atom stereocenters. The minimum absolute atomic E-state index is 0.662. The Kier molecular flexibility index (Phi) is 1.54. The highest BCUT2D eigenvalue weighted by Crippen LogP contribution is 2.09. The summed E-state index contributed by atoms with van der Waals surface area (Å²) in [5.74, 6) is 0. The van der Waals surface area contributed by atoms with Gasteiger partial charge >= 0.3 is 0 Å². The lowest BCUT2D eigenvalue weighted by Gasteiger charge is -2.42. The molecule has 0 bridgehead atoms. The summed E-state index contributed by atoms with van der Waals surface area (Å²) < 4.78 is 0. The first-order chi connectivity index (χ1) is 3.75. The zero-order valence-corrected chi connectivity index (χ0v) is 5.73. The van der Waals surface area contributed by atoms with Crippen molar-refractivity contribution in [3.63, 3.8) is 0 Å². The van der Waals surface area contributed by atoms with Gasteiger partial charge in [0.25, 0.3) is 0 Å². The molecule has 1 aliphatic heterocycles. The molecule has 2 nitrogen and oxygen atoms in total. The van der Waals surface area contributed by atoms with Gasteiger partial charge in [0.2, 0.25) is 0 Å². The summed E-state index contributed by atoms with van der Waals surface area (Å²) in [5.41, 5.74) is 0. The molecule has 1 aliphatic rings. The predicted molar refractivity (Wildman–Crippen MR) is 34.9 cm³/mol. The van der Waals surface area contributed by atoms with Crippen LogP contribution in [0.25, 0.3) is 0 Å². The van der Waals surface area contributed by atoms with Crippen molar-refractivity contribution >= 4 is 0 Å². The van der Waals surface area contributed by atoms with E-state index in [1.807, 2.05) is 7.05 Å². The molecule has 1 fully saturated rings. The fraction of sp³-hybridized carbons (Fsp3) is 1.00. The van der Waals surface area contributed by atoms with E-state index in [9.17, 15) is 0 Å². The van der Waals surface area contributed by atoms with Crippen molar-refractivity contribution < 1.29 is 0 Å². The normalized spacial score (nSPS) is 46.1. The summed E-state index contributed by atoms with van der Waals surface area (Å²) in [6, 6.07) is 2.01. The van der Waals surface area contributed by atoms with Gasteiger partial charge in [0.15, 0.2) is 0 Å². The third-order valence-corrected chi connectivity index (χ3v) is 1.94. The summed E-state index contributed by atoms with van der Waals surface area (Å²) >= 11 is 0. The molecule has 0 aliphatic carbocycles. The topological polar surface area (TPSA) is 24.1 Å². The SMILES string of the molecule is CNC1C(C)NC1C. The van der Waals surface area contributed by atoms with E-state index in [1.54, 1.807) is 0 Å². The van der Waals surface area contributed by atoms with Crippen LogP contribution in [0.2, 0.25) is 0 Å². The highest BCUT2D eigenvalue weighted by atomic mass is 15.1. The average Bonchev–Trinajstić information content (AvgIpc) is 1.67. The third-order valence-electron chi connectivity index (χ3n) is 1.94. The van der Waals surface area contributed by atoms with Crippen LogP contribution in [0, 0.1) is 0 Å². The van der Waals surface area contributed by atoms with Gasteiger partial charge in [0.05, 0.1) is 0 Å². The van der Waals surface area contributed by atoms with Gasteiger partial charge < -0.3 is 10.6 Å². The Hall–Kier alpha value is -0.0800. The maximum Gasteiger partial charge on any atom is 0.0368 e. The fourth-order valence-electron chi connectivity index (χ4n) is 1.44. The smallest absolute Gasteiger partial charge is 0.0368 e. The van der Waals surface area contributed by atoms with E-state index in [0.717, 1.165) is 0 Å². The largest absolute Gasteiger partial charge is 0.314 e. The minimum Gasteiger partial charge on any atom is -0.314 e. The van der Waals surface area contributed by atoms with Crippen LogP contribution in [0.5, 0.6) is 0 Å². The van der Waals surface area contributed by atoms with Crippen LogP contribution in [-0.2, 0) is 0 Å². The zero-order valence-electron chi connectivity index (χ0n) is 5.73. The molecule has 2 N–H and O–H groups in total. The summed E-state index contributed by atoms with van der Waals surface area (Å²) in [4.78, 5) is 0. The molecule has 0 amide bonds. The number of likely N-dealkylation sites (N-methyl/N-ethyl adjacent to an activating group) is 1. The van der Waals surface area contributed by atoms with Crippen molar-refractivity contribution in [2.45, 2.75) is 32.0 Å². The van der Waals surface area contributed by atoms with Crippen molar-refractivity contribution in [1.82, 2.24) is 10.6 Å². The second kappa shape index (κ2) is 2.03. The Morgan fingerprint density at radius 3 is 1.88 bits per heavy atom. The highest BCUT2D eigenvalue weighted by Gasteiger charge is 2.31. The number of nitrogens with one attached hydrogen (secondary N) is 2. The second-order valence-electron chi connectivity index (χ2n) is 2.56. The molecule has 1 rings (SSSR count). The first-order valence-electron chi connectivity index (χ1n) is 3.19. The molecule has 1 saturated heterocycles. The van der Waals surface area contributed by atoms with Gasteiger partial charge in [-0.1, -0.05) is 0 Å². The fourth-order valence-corrected chi connectivity index (χ4v) is 1.44. The van der Waals surface area contributed by atoms with Gasteiger partial charge in [-0.15, -0.1) is 0 Å². The van der Waals surface area contributed by atoms with Gasteiger partial charge in [0.1, 0.15) is 0 Å². The maximum absolute atomic E-state index is 3.34. The van der Waals surface area contributed by atoms with E-state index in [4.69, 9.17) is 0 Å². The van der Waals surface area contributed by atoms with Crippen LogP contribution in [0.15, 0.2) is 0 Å². The van der Waals surface area contributed by atoms with E-state index in [-0.39, 0.29) is 0 Å². The number of hydrogen-bond acceptors (Lipinski definition) is 2. The van der Waals surface area contributed by atoms with Crippen LogP contribution in [-0.4, -0.2) is 25.2 Å². The average molecular weight is 114 g/mol. The molecule has 0 aromatic rings. The highest BCUT2D eigenvalue weighted by molar-refractivity contribution is 4.97. The quantitative estimate of drug-likeness (QED) is 0.499. The summed E-state index contributed by atoms with van der Waals surface area (Å²) in [7, 11) is 2.01. The van der Waals surface area contributed by atoms with Crippen molar-refractivity contribution in [2.75, 3.05) is 7.05 Å². The monoisotopic (exact) mass is 114 g/mol. The third kappa shape index (κ3) is 0.740. The molecule has 2 heteroatoms. The van der Waals surface area contributed by atoms with E-state index >= 15 is 0 Å². The van der Waals surface area contributed by atoms with Crippen LogP contribution in [0.4, 0.5) is 0 Å². The minimum atomic E-state index is 0.662. The molecule has 0 aromatic carbocycles. The lowest BCUT2D eigenvalue weighted by molar-refractivity contribution is 0.213. The van der Waals surface area contributed by atoms with E-state index in [1.165, 1.54) is 0 Å². The van der Waals surface area contributed by atoms with Crippen molar-refractivity contribution in [2.24, 2.45) is 0 Å². The molecular weight excluding hydrogens is 100 g/mol. The molecule has 0 aromatic heterocycles. The Labute approximate surface area is 50.7 Å². The van der Waals surface area contributed by atoms with Gasteiger partial charge in [-0.05, 0) is 20.9 Å². The molecular formula is C6H14N2. The van der Waals surface area contributed by atoms with Gasteiger partial charge in [0, 0.05) is 18.1 Å². The van der Waals surface area contributed by atoms with Crippen LogP contribution in [0.3, 0.4) is 0 Å². The van der Waals surface area contributed by atoms with Crippen molar-refractivity contribution in [1.29, 1.82) is 0 Å². The standard InChI is InChI=1S/C6H14N2/c1-4-6(7-3)5(2)8-4/h4-8H,1-3H3. The molecule has 1 heterocycles. The lowest BCUT2D eigenvalue weighted by atomic mass is 9.93. The van der Waals surface area contributed by atoms with Crippen molar-refractivity contribution in [3.05, 3.63) is 0 Å². The lowest BCUT2D eigenvalue weighted by Crippen LogP contribution is -2.67. The second-order valence-corrected chi connectivity index (χ2v) is 2.56. The van der Waals surface area contributed by atoms with E-state index < -0.39 is 0 Å². The Morgan fingerprint density at radius 1 is 1.25 bits per heavy atom. The van der Waals surface area contributed by atoms with E-state index in [2.05, 4.69) is 24.5 Å². The molecule has 8 heavy (non-hydrogen) atoms. The molecule has 0 radical (unpaired) electrons. The van der Waals surface area contributed by atoms with E-state index in [0.29, 0.717) is 18.1 Å². The predicted octanol–water partition coefficient (Wildman–Crippen LogP) is -0.0454. The Balaban J connectivity index is 2.29. The molecule has 48 valence electrons. The van der Waals surface area contributed by atoms with Gasteiger partial charge in [-0.3, -0.25) is 0 Å². The van der Waals surface area contributed by atoms with Crippen LogP contribution >= 0.6 is 0 Å². The van der Waals surface area contributed by atoms with Gasteiger partial charge in [-0.2, -0.15) is 0 Å². The zero-order chi connectivity index (χ0) is 6.15. The molecule has 0 spiro atoms. The summed E-state index contributed by atoms with van der Waals surface area (Å²) in [5, 5.41) is 6.58. The van der Waals surface area contributed by atoms with Crippen LogP contribution in [0.1, 0.15) is 13.8 Å². The maximum atomic E-state index is 3.34. The number of rotatable bonds is 1. The Morgan fingerprint density at radius 2 is 1.75 bits per heavy atom. The number of hydrogen-bond donors (Lipinski definition) is 2. The Bertz CT molecular complexity index is 74.6. The first kappa shape index (κ1) is 6.05. The molecule has 0 saturated carbocycles.